The number of alkyl halides is 3. The maximum Gasteiger partial charge on any atom is 0.405 e. The van der Waals surface area contributed by atoms with E-state index in [1.54, 1.807) is 6.07 Å². The number of halogens is 4. The van der Waals surface area contributed by atoms with E-state index < -0.39 is 18.5 Å². The molecule has 0 aliphatic heterocycles. The summed E-state index contributed by atoms with van der Waals surface area (Å²) in [6, 6.07) is 4.85. The number of nitriles is 1. The highest BCUT2D eigenvalue weighted by atomic mass is 19.4. The van der Waals surface area contributed by atoms with Gasteiger partial charge in [-0.15, -0.1) is 0 Å². The molecule has 2 rings (SSSR count). The minimum Gasteiger partial charge on any atom is -0.359 e. The molecule has 0 amide bonds. The van der Waals surface area contributed by atoms with Crippen molar-refractivity contribution in [3.05, 3.63) is 29.6 Å². The van der Waals surface area contributed by atoms with Crippen LogP contribution in [0, 0.1) is 17.1 Å². The van der Waals surface area contributed by atoms with Crippen LogP contribution in [0.25, 0.3) is 0 Å². The molecule has 0 bridgehead atoms. The van der Waals surface area contributed by atoms with Gasteiger partial charge in [-0.25, -0.2) is 4.39 Å². The Morgan fingerprint density at radius 3 is 2.44 bits per heavy atom. The van der Waals surface area contributed by atoms with Gasteiger partial charge < -0.3 is 4.90 Å². The highest BCUT2D eigenvalue weighted by molar-refractivity contribution is 5.53. The lowest BCUT2D eigenvalue weighted by Crippen LogP contribution is -2.36. The second-order valence-corrected chi connectivity index (χ2v) is 4.28. The first-order valence-electron chi connectivity index (χ1n) is 5.43. The molecule has 6 heteroatoms. The van der Waals surface area contributed by atoms with Crippen molar-refractivity contribution in [2.24, 2.45) is 0 Å². The molecule has 1 fully saturated rings. The lowest BCUT2D eigenvalue weighted by atomic mass is 10.2. The molecule has 0 spiro atoms. The Hall–Kier alpha value is -1.77. The maximum atomic E-state index is 13.2. The van der Waals surface area contributed by atoms with E-state index in [-0.39, 0.29) is 17.3 Å². The second-order valence-electron chi connectivity index (χ2n) is 4.28. The predicted octanol–water partition coefficient (Wildman–Crippen LogP) is 3.23. The molecule has 0 atom stereocenters. The van der Waals surface area contributed by atoms with Crippen molar-refractivity contribution in [3.8, 4) is 6.07 Å². The molecule has 1 aromatic rings. The minimum atomic E-state index is -4.35. The Labute approximate surface area is 101 Å². The molecule has 0 N–H and O–H groups in total. The van der Waals surface area contributed by atoms with Gasteiger partial charge in [-0.3, -0.25) is 0 Å². The summed E-state index contributed by atoms with van der Waals surface area (Å²) in [5.41, 5.74) is 0.143. The van der Waals surface area contributed by atoms with Gasteiger partial charge >= 0.3 is 6.18 Å². The molecule has 0 heterocycles. The summed E-state index contributed by atoms with van der Waals surface area (Å²) >= 11 is 0. The van der Waals surface area contributed by atoms with E-state index in [1.807, 2.05) is 0 Å². The monoisotopic (exact) mass is 258 g/mol. The van der Waals surface area contributed by atoms with Crippen molar-refractivity contribution in [1.29, 1.82) is 5.26 Å². The summed E-state index contributed by atoms with van der Waals surface area (Å²) in [5, 5.41) is 8.70. The van der Waals surface area contributed by atoms with Crippen LogP contribution in [0.1, 0.15) is 18.4 Å². The largest absolute Gasteiger partial charge is 0.405 e. The minimum absolute atomic E-state index is 0.0258. The average Bonchev–Trinajstić information content (AvgIpc) is 3.07. The second kappa shape index (κ2) is 4.48. The van der Waals surface area contributed by atoms with Crippen molar-refractivity contribution < 1.29 is 17.6 Å². The van der Waals surface area contributed by atoms with Crippen LogP contribution in [-0.4, -0.2) is 18.8 Å². The topological polar surface area (TPSA) is 27.0 Å². The normalized spacial score (nSPS) is 15.3. The zero-order valence-electron chi connectivity index (χ0n) is 9.34. The first-order chi connectivity index (χ1) is 8.39. The van der Waals surface area contributed by atoms with E-state index in [1.165, 1.54) is 6.07 Å². The lowest BCUT2D eigenvalue weighted by Gasteiger charge is -2.26. The Morgan fingerprint density at radius 1 is 1.28 bits per heavy atom. The van der Waals surface area contributed by atoms with E-state index >= 15 is 0 Å². The van der Waals surface area contributed by atoms with Crippen LogP contribution < -0.4 is 4.90 Å². The molecule has 0 aromatic heterocycles. The van der Waals surface area contributed by atoms with Gasteiger partial charge in [-0.1, -0.05) is 0 Å². The van der Waals surface area contributed by atoms with Crippen LogP contribution >= 0.6 is 0 Å². The Kier molecular flexibility index (Phi) is 3.16. The van der Waals surface area contributed by atoms with Gasteiger partial charge in [0.05, 0.1) is 11.6 Å². The first-order valence-corrected chi connectivity index (χ1v) is 5.43. The molecule has 0 radical (unpaired) electrons. The lowest BCUT2D eigenvalue weighted by molar-refractivity contribution is -0.120. The van der Waals surface area contributed by atoms with Crippen LogP contribution in [0.15, 0.2) is 18.2 Å². The number of anilines is 1. The third kappa shape index (κ3) is 3.13. The zero-order chi connectivity index (χ0) is 13.3. The average molecular weight is 258 g/mol. The molecular weight excluding hydrogens is 248 g/mol. The number of nitrogens with zero attached hydrogens (tertiary/aromatic N) is 2. The fraction of sp³-hybridized carbons (Fsp3) is 0.417. The van der Waals surface area contributed by atoms with Crippen molar-refractivity contribution >= 4 is 5.69 Å². The Balaban J connectivity index is 2.31. The van der Waals surface area contributed by atoms with E-state index in [4.69, 9.17) is 5.26 Å². The third-order valence-corrected chi connectivity index (χ3v) is 2.68. The van der Waals surface area contributed by atoms with E-state index in [2.05, 4.69) is 0 Å². The van der Waals surface area contributed by atoms with Crippen LogP contribution in [0.4, 0.5) is 23.2 Å². The van der Waals surface area contributed by atoms with Gasteiger partial charge in [0.15, 0.2) is 0 Å². The molecule has 2 nitrogen and oxygen atoms in total. The van der Waals surface area contributed by atoms with Gasteiger partial charge in [0.2, 0.25) is 0 Å². The van der Waals surface area contributed by atoms with E-state index in [9.17, 15) is 17.6 Å². The fourth-order valence-corrected chi connectivity index (χ4v) is 1.82. The molecule has 1 aliphatic rings. The summed E-state index contributed by atoms with van der Waals surface area (Å²) in [6.45, 7) is -1.12. The molecule has 0 saturated heterocycles. The van der Waals surface area contributed by atoms with Crippen LogP contribution in [0.5, 0.6) is 0 Å². The highest BCUT2D eigenvalue weighted by Crippen LogP contribution is 2.35. The predicted molar refractivity (Wildman–Crippen MR) is 57.5 cm³/mol. The smallest absolute Gasteiger partial charge is 0.359 e. The summed E-state index contributed by atoms with van der Waals surface area (Å²) < 4.78 is 50.6. The van der Waals surface area contributed by atoms with Gasteiger partial charge in [0, 0.05) is 11.7 Å². The van der Waals surface area contributed by atoms with Crippen LogP contribution in [0.3, 0.4) is 0 Å². The quantitative estimate of drug-likeness (QED) is 0.778. The van der Waals surface area contributed by atoms with E-state index in [0.29, 0.717) is 12.8 Å². The summed E-state index contributed by atoms with van der Waals surface area (Å²) in [7, 11) is 0. The number of benzene rings is 1. The standard InChI is InChI=1S/C12H10F4N2/c13-9-3-8(6-17)4-11(5-9)18(10-1-2-10)7-12(14,15)16/h3-5,10H,1-2,7H2. The number of rotatable bonds is 3. The molecule has 1 saturated carbocycles. The van der Waals surface area contributed by atoms with Crippen LogP contribution in [-0.2, 0) is 0 Å². The van der Waals surface area contributed by atoms with Gasteiger partial charge in [0.25, 0.3) is 0 Å². The van der Waals surface area contributed by atoms with Crippen molar-refractivity contribution in [1.82, 2.24) is 0 Å². The molecule has 1 aliphatic carbocycles. The summed E-state index contributed by atoms with van der Waals surface area (Å²) in [5.74, 6) is -0.697. The van der Waals surface area contributed by atoms with Crippen molar-refractivity contribution in [3.63, 3.8) is 0 Å². The van der Waals surface area contributed by atoms with Crippen molar-refractivity contribution in [2.75, 3.05) is 11.4 Å². The number of hydrogen-bond donors (Lipinski definition) is 0. The Morgan fingerprint density at radius 2 is 1.94 bits per heavy atom. The summed E-state index contributed by atoms with van der Waals surface area (Å²) in [4.78, 5) is 1.12. The molecular formula is C12H10F4N2. The van der Waals surface area contributed by atoms with Gasteiger partial charge in [0.1, 0.15) is 12.4 Å². The molecule has 1 aromatic carbocycles. The fourth-order valence-electron chi connectivity index (χ4n) is 1.82. The van der Waals surface area contributed by atoms with E-state index in [0.717, 1.165) is 17.0 Å². The first kappa shape index (κ1) is 12.7. The third-order valence-electron chi connectivity index (χ3n) is 2.68. The Bertz CT molecular complexity index is 486. The zero-order valence-corrected chi connectivity index (χ0v) is 9.34. The molecule has 18 heavy (non-hydrogen) atoms. The van der Waals surface area contributed by atoms with Gasteiger partial charge in [-0.2, -0.15) is 18.4 Å². The summed E-state index contributed by atoms with van der Waals surface area (Å²) in [6.07, 6.45) is -3.02. The SMILES string of the molecule is N#Cc1cc(F)cc(N(CC(F)(F)F)C2CC2)c1. The number of hydrogen-bond acceptors (Lipinski definition) is 2. The maximum absolute atomic E-state index is 13.2. The van der Waals surface area contributed by atoms with Crippen LogP contribution in [0.2, 0.25) is 0 Å². The molecule has 96 valence electrons. The highest BCUT2D eigenvalue weighted by Gasteiger charge is 2.38. The molecule has 0 unspecified atom stereocenters. The van der Waals surface area contributed by atoms with Crippen molar-refractivity contribution in [2.45, 2.75) is 25.1 Å². The van der Waals surface area contributed by atoms with Gasteiger partial charge in [-0.05, 0) is 31.0 Å².